The summed E-state index contributed by atoms with van der Waals surface area (Å²) in [6.45, 7) is 2.02. The number of carbonyl (C=O) groups is 1. The van der Waals surface area contributed by atoms with Crippen molar-refractivity contribution in [3.05, 3.63) is 23.8 Å². The van der Waals surface area contributed by atoms with Crippen LogP contribution in [0.3, 0.4) is 0 Å². The van der Waals surface area contributed by atoms with Crippen molar-refractivity contribution in [2.45, 2.75) is 18.9 Å². The lowest BCUT2D eigenvalue weighted by Gasteiger charge is -2.25. The molecule has 0 bridgehead atoms. The zero-order valence-electron chi connectivity index (χ0n) is 10.5. The number of nitrogens with one attached hydrogen (secondary N) is 2. The van der Waals surface area contributed by atoms with Crippen LogP contribution in [0.15, 0.2) is 18.2 Å². The number of nitrogens with two attached hydrogens (primary N) is 1. The van der Waals surface area contributed by atoms with Crippen molar-refractivity contribution in [3.8, 4) is 5.75 Å². The van der Waals surface area contributed by atoms with Gasteiger partial charge < -0.3 is 21.1 Å². The number of hydrogen-bond donors (Lipinski definition) is 3. The first-order valence-electron chi connectivity index (χ1n) is 6.16. The van der Waals surface area contributed by atoms with Gasteiger partial charge in [0.05, 0.1) is 12.8 Å². The van der Waals surface area contributed by atoms with Gasteiger partial charge in [0.25, 0.3) is 0 Å². The molecule has 0 saturated carbocycles. The van der Waals surface area contributed by atoms with E-state index in [0.717, 1.165) is 37.4 Å². The molecule has 1 aromatic carbocycles. The highest BCUT2D eigenvalue weighted by Gasteiger charge is 2.15. The van der Waals surface area contributed by atoms with Crippen LogP contribution in [0, 0.1) is 0 Å². The predicted octanol–water partition coefficient (Wildman–Crippen LogP) is 0.958. The van der Waals surface area contributed by atoms with Gasteiger partial charge in [0.2, 0.25) is 5.91 Å². The van der Waals surface area contributed by atoms with Gasteiger partial charge in [-0.3, -0.25) is 4.79 Å². The fourth-order valence-electron chi connectivity index (χ4n) is 2.16. The SMILES string of the molecule is COc1ccc(C(N)=O)cc1NC1CCNCC1. The van der Waals surface area contributed by atoms with Gasteiger partial charge >= 0.3 is 0 Å². The van der Waals surface area contributed by atoms with Gasteiger partial charge in [0, 0.05) is 11.6 Å². The maximum atomic E-state index is 11.2. The Hall–Kier alpha value is -1.75. The monoisotopic (exact) mass is 249 g/mol. The van der Waals surface area contributed by atoms with Crippen LogP contribution < -0.4 is 21.1 Å². The van der Waals surface area contributed by atoms with Crippen molar-refractivity contribution in [1.82, 2.24) is 5.32 Å². The maximum Gasteiger partial charge on any atom is 0.248 e. The molecule has 1 saturated heterocycles. The number of rotatable bonds is 4. The first-order chi connectivity index (χ1) is 8.70. The average Bonchev–Trinajstić information content (AvgIpc) is 2.39. The third kappa shape index (κ3) is 2.92. The standard InChI is InChI=1S/C13H19N3O2/c1-18-12-3-2-9(13(14)17)8-11(12)16-10-4-6-15-7-5-10/h2-3,8,10,15-16H,4-7H2,1H3,(H2,14,17). The quantitative estimate of drug-likeness (QED) is 0.743. The summed E-state index contributed by atoms with van der Waals surface area (Å²) in [5.41, 5.74) is 6.62. The first-order valence-corrected chi connectivity index (χ1v) is 6.16. The van der Waals surface area contributed by atoms with Crippen LogP contribution in [-0.4, -0.2) is 32.1 Å². The van der Waals surface area contributed by atoms with E-state index in [1.54, 1.807) is 25.3 Å². The highest BCUT2D eigenvalue weighted by atomic mass is 16.5. The van der Waals surface area contributed by atoms with Crippen molar-refractivity contribution < 1.29 is 9.53 Å². The number of ether oxygens (including phenoxy) is 1. The summed E-state index contributed by atoms with van der Waals surface area (Å²) < 4.78 is 5.29. The van der Waals surface area contributed by atoms with Gasteiger partial charge in [0.1, 0.15) is 5.75 Å². The molecule has 5 nitrogen and oxygen atoms in total. The van der Waals surface area contributed by atoms with E-state index in [1.165, 1.54) is 0 Å². The summed E-state index contributed by atoms with van der Waals surface area (Å²) in [6, 6.07) is 5.60. The summed E-state index contributed by atoms with van der Waals surface area (Å²) >= 11 is 0. The molecule has 0 radical (unpaired) electrons. The lowest BCUT2D eigenvalue weighted by Crippen LogP contribution is -2.35. The summed E-state index contributed by atoms with van der Waals surface area (Å²) in [7, 11) is 1.62. The molecule has 4 N–H and O–H groups in total. The number of methoxy groups -OCH3 is 1. The average molecular weight is 249 g/mol. The zero-order chi connectivity index (χ0) is 13.0. The van der Waals surface area contributed by atoms with Crippen molar-refractivity contribution in [3.63, 3.8) is 0 Å². The van der Waals surface area contributed by atoms with Crippen molar-refractivity contribution in [2.24, 2.45) is 5.73 Å². The van der Waals surface area contributed by atoms with Crippen molar-refractivity contribution in [1.29, 1.82) is 0 Å². The van der Waals surface area contributed by atoms with E-state index in [1.807, 2.05) is 0 Å². The minimum Gasteiger partial charge on any atom is -0.495 e. The molecule has 2 rings (SSSR count). The molecule has 1 aliphatic rings. The van der Waals surface area contributed by atoms with Crippen LogP contribution in [0.2, 0.25) is 0 Å². The molecule has 0 aromatic heterocycles. The smallest absolute Gasteiger partial charge is 0.248 e. The Morgan fingerprint density at radius 2 is 2.17 bits per heavy atom. The molecule has 0 aliphatic carbocycles. The van der Waals surface area contributed by atoms with E-state index >= 15 is 0 Å². The fourth-order valence-corrected chi connectivity index (χ4v) is 2.16. The Labute approximate surface area is 107 Å². The Kier molecular flexibility index (Phi) is 4.04. The van der Waals surface area contributed by atoms with Gasteiger partial charge in [-0.05, 0) is 44.1 Å². The molecule has 0 unspecified atom stereocenters. The van der Waals surface area contributed by atoms with Crippen LogP contribution in [0.5, 0.6) is 5.75 Å². The van der Waals surface area contributed by atoms with Crippen LogP contribution in [0.4, 0.5) is 5.69 Å². The van der Waals surface area contributed by atoms with E-state index in [4.69, 9.17) is 10.5 Å². The highest BCUT2D eigenvalue weighted by Crippen LogP contribution is 2.27. The summed E-state index contributed by atoms with van der Waals surface area (Å²) in [5, 5.41) is 6.74. The third-order valence-electron chi connectivity index (χ3n) is 3.18. The molecular weight excluding hydrogens is 230 g/mol. The van der Waals surface area contributed by atoms with Crippen molar-refractivity contribution >= 4 is 11.6 Å². The third-order valence-corrected chi connectivity index (χ3v) is 3.18. The van der Waals surface area contributed by atoms with E-state index in [-0.39, 0.29) is 0 Å². The summed E-state index contributed by atoms with van der Waals surface area (Å²) in [5.74, 6) is 0.310. The molecular formula is C13H19N3O2. The molecule has 0 atom stereocenters. The second-order valence-corrected chi connectivity index (χ2v) is 4.45. The van der Waals surface area contributed by atoms with Crippen LogP contribution >= 0.6 is 0 Å². The number of benzene rings is 1. The maximum absolute atomic E-state index is 11.2. The van der Waals surface area contributed by atoms with E-state index < -0.39 is 5.91 Å². The topological polar surface area (TPSA) is 76.4 Å². The molecule has 1 fully saturated rings. The van der Waals surface area contributed by atoms with Gasteiger partial charge in [0.15, 0.2) is 0 Å². The Morgan fingerprint density at radius 1 is 1.44 bits per heavy atom. The molecule has 5 heteroatoms. The van der Waals surface area contributed by atoms with E-state index in [0.29, 0.717) is 11.6 Å². The lowest BCUT2D eigenvalue weighted by atomic mass is 10.1. The minimum atomic E-state index is -0.425. The molecule has 1 heterocycles. The van der Waals surface area contributed by atoms with E-state index in [2.05, 4.69) is 10.6 Å². The van der Waals surface area contributed by atoms with Crippen LogP contribution in [0.1, 0.15) is 23.2 Å². The Morgan fingerprint density at radius 3 is 2.78 bits per heavy atom. The normalized spacial score (nSPS) is 16.3. The Bertz CT molecular complexity index is 428. The molecule has 1 aromatic rings. The zero-order valence-corrected chi connectivity index (χ0v) is 10.5. The number of primary amides is 1. The van der Waals surface area contributed by atoms with Crippen LogP contribution in [0.25, 0.3) is 0 Å². The molecule has 18 heavy (non-hydrogen) atoms. The highest BCUT2D eigenvalue weighted by molar-refractivity contribution is 5.94. The second-order valence-electron chi connectivity index (χ2n) is 4.45. The number of hydrogen-bond acceptors (Lipinski definition) is 4. The molecule has 0 spiro atoms. The summed E-state index contributed by atoms with van der Waals surface area (Å²) in [6.07, 6.45) is 2.12. The number of piperidine rings is 1. The molecule has 1 amide bonds. The van der Waals surface area contributed by atoms with Crippen molar-refractivity contribution in [2.75, 3.05) is 25.5 Å². The fraction of sp³-hybridized carbons (Fsp3) is 0.462. The van der Waals surface area contributed by atoms with E-state index in [9.17, 15) is 4.79 Å². The predicted molar refractivity (Wildman–Crippen MR) is 71.0 cm³/mol. The second kappa shape index (κ2) is 5.73. The van der Waals surface area contributed by atoms with Gasteiger partial charge in [-0.1, -0.05) is 0 Å². The number of carbonyl (C=O) groups excluding carboxylic acids is 1. The van der Waals surface area contributed by atoms with Gasteiger partial charge in [-0.25, -0.2) is 0 Å². The molecule has 98 valence electrons. The number of anilines is 1. The minimum absolute atomic E-state index is 0.406. The lowest BCUT2D eigenvalue weighted by molar-refractivity contribution is 0.100. The number of amides is 1. The first kappa shape index (κ1) is 12.7. The molecule has 1 aliphatic heterocycles. The van der Waals surface area contributed by atoms with Gasteiger partial charge in [-0.15, -0.1) is 0 Å². The van der Waals surface area contributed by atoms with Gasteiger partial charge in [-0.2, -0.15) is 0 Å². The summed E-state index contributed by atoms with van der Waals surface area (Å²) in [4.78, 5) is 11.2. The largest absolute Gasteiger partial charge is 0.495 e. The Balaban J connectivity index is 2.17. The van der Waals surface area contributed by atoms with Crippen LogP contribution in [-0.2, 0) is 0 Å².